The van der Waals surface area contributed by atoms with Crippen molar-refractivity contribution in [3.8, 4) is 11.6 Å². The third kappa shape index (κ3) is 3.38. The minimum absolute atomic E-state index is 0.0660. The Morgan fingerprint density at radius 2 is 2.24 bits per heavy atom. The number of nitro groups is 1. The van der Waals surface area contributed by atoms with Crippen LogP contribution in [-0.2, 0) is 0 Å². The van der Waals surface area contributed by atoms with E-state index >= 15 is 0 Å². The predicted octanol–water partition coefficient (Wildman–Crippen LogP) is 3.57. The largest absolute Gasteiger partial charge is 0.430 e. The summed E-state index contributed by atoms with van der Waals surface area (Å²) in [7, 11) is 0. The summed E-state index contributed by atoms with van der Waals surface area (Å²) < 4.78 is 5.50. The second kappa shape index (κ2) is 6.36. The lowest BCUT2D eigenvalue weighted by molar-refractivity contribution is -0.386. The van der Waals surface area contributed by atoms with E-state index in [4.69, 9.17) is 16.3 Å². The highest BCUT2D eigenvalue weighted by Gasteiger charge is 2.20. The lowest BCUT2D eigenvalue weighted by Gasteiger charge is -2.09. The van der Waals surface area contributed by atoms with Gasteiger partial charge in [-0.2, -0.15) is 4.98 Å². The molecule has 0 saturated heterocycles. The molecule has 0 aliphatic carbocycles. The number of nitrogens with zero attached hydrogens (tertiary/aromatic N) is 3. The van der Waals surface area contributed by atoms with Gasteiger partial charge in [0.05, 0.1) is 11.1 Å². The molecule has 2 rings (SSSR count). The van der Waals surface area contributed by atoms with E-state index < -0.39 is 4.92 Å². The van der Waals surface area contributed by atoms with Crippen LogP contribution in [0.25, 0.3) is 0 Å². The average Bonchev–Trinajstić information content (AvgIpc) is 2.42. The van der Waals surface area contributed by atoms with Crippen LogP contribution in [-0.4, -0.2) is 21.4 Å². The highest BCUT2D eigenvalue weighted by atomic mass is 35.5. The van der Waals surface area contributed by atoms with Crippen molar-refractivity contribution in [2.45, 2.75) is 13.8 Å². The van der Waals surface area contributed by atoms with E-state index in [-0.39, 0.29) is 22.3 Å². The maximum atomic E-state index is 11.1. The number of halogens is 1. The summed E-state index contributed by atoms with van der Waals surface area (Å²) in [5.74, 6) is 0.492. The van der Waals surface area contributed by atoms with Gasteiger partial charge in [0, 0.05) is 12.1 Å². The lowest BCUT2D eigenvalue weighted by Crippen LogP contribution is -2.03. The molecule has 0 radical (unpaired) electrons. The maximum Gasteiger partial charge on any atom is 0.314 e. The number of aryl methyl sites for hydroxylation is 1. The first-order valence-corrected chi connectivity index (χ1v) is 6.59. The molecule has 1 aromatic heterocycles. The van der Waals surface area contributed by atoms with Crippen LogP contribution in [0.5, 0.6) is 11.6 Å². The fraction of sp³-hybridized carbons (Fsp3) is 0.231. The zero-order valence-corrected chi connectivity index (χ0v) is 12.2. The van der Waals surface area contributed by atoms with Gasteiger partial charge in [-0.3, -0.25) is 10.1 Å². The summed E-state index contributed by atoms with van der Waals surface area (Å²) >= 11 is 5.97. The topological polar surface area (TPSA) is 90.2 Å². The van der Waals surface area contributed by atoms with Crippen LogP contribution in [0.15, 0.2) is 24.4 Å². The van der Waals surface area contributed by atoms with Gasteiger partial charge < -0.3 is 10.1 Å². The monoisotopic (exact) mass is 308 g/mol. The van der Waals surface area contributed by atoms with Crippen LogP contribution in [0.2, 0.25) is 5.02 Å². The third-order valence-electron chi connectivity index (χ3n) is 2.64. The minimum atomic E-state index is -0.495. The highest BCUT2D eigenvalue weighted by Crippen LogP contribution is 2.35. The molecule has 0 saturated carbocycles. The Hall–Kier alpha value is -2.41. The van der Waals surface area contributed by atoms with Crippen LogP contribution in [0.1, 0.15) is 12.5 Å². The zero-order valence-electron chi connectivity index (χ0n) is 11.5. The minimum Gasteiger partial charge on any atom is -0.430 e. The average molecular weight is 309 g/mol. The van der Waals surface area contributed by atoms with Crippen molar-refractivity contribution < 1.29 is 9.66 Å². The SMILES string of the molecule is CCNc1ncc(Cl)c(Oc2cccc(C)c2[N+](=O)[O-])n1. The number of benzene rings is 1. The van der Waals surface area contributed by atoms with E-state index in [9.17, 15) is 10.1 Å². The lowest BCUT2D eigenvalue weighted by atomic mass is 10.2. The van der Waals surface area contributed by atoms with Crippen LogP contribution in [0, 0.1) is 17.0 Å². The number of nitro benzene ring substituents is 1. The number of ether oxygens (including phenoxy) is 1. The Morgan fingerprint density at radius 1 is 1.48 bits per heavy atom. The highest BCUT2D eigenvalue weighted by molar-refractivity contribution is 6.31. The molecule has 1 heterocycles. The Bertz CT molecular complexity index is 678. The van der Waals surface area contributed by atoms with Gasteiger partial charge in [-0.25, -0.2) is 4.98 Å². The number of aromatic nitrogens is 2. The van der Waals surface area contributed by atoms with Gasteiger partial charge in [0.1, 0.15) is 5.02 Å². The van der Waals surface area contributed by atoms with Crippen molar-refractivity contribution in [1.82, 2.24) is 9.97 Å². The zero-order chi connectivity index (χ0) is 15.4. The van der Waals surface area contributed by atoms with Crippen LogP contribution >= 0.6 is 11.6 Å². The number of anilines is 1. The number of rotatable bonds is 5. The quantitative estimate of drug-likeness (QED) is 0.670. The molecule has 8 heteroatoms. The maximum absolute atomic E-state index is 11.1. The number of hydrogen-bond acceptors (Lipinski definition) is 6. The molecule has 0 unspecified atom stereocenters. The van der Waals surface area contributed by atoms with Gasteiger partial charge in [-0.15, -0.1) is 0 Å². The second-order valence-corrected chi connectivity index (χ2v) is 4.57. The Morgan fingerprint density at radius 3 is 2.90 bits per heavy atom. The summed E-state index contributed by atoms with van der Waals surface area (Å²) in [5, 5.41) is 14.2. The smallest absolute Gasteiger partial charge is 0.314 e. The summed E-state index contributed by atoms with van der Waals surface area (Å²) in [6, 6.07) is 4.80. The van der Waals surface area contributed by atoms with Crippen LogP contribution < -0.4 is 10.1 Å². The van der Waals surface area contributed by atoms with E-state index in [0.717, 1.165) is 0 Å². The molecule has 0 aliphatic rings. The molecule has 0 fully saturated rings. The summed E-state index contributed by atoms with van der Waals surface area (Å²) in [5.41, 5.74) is 0.381. The molecular formula is C13H13ClN4O3. The van der Waals surface area contributed by atoms with Gasteiger partial charge in [0.15, 0.2) is 0 Å². The number of para-hydroxylation sites is 1. The van der Waals surface area contributed by atoms with Gasteiger partial charge in [0.25, 0.3) is 0 Å². The van der Waals surface area contributed by atoms with Crippen molar-refractivity contribution in [3.05, 3.63) is 45.1 Å². The normalized spacial score (nSPS) is 10.2. The molecule has 0 atom stereocenters. The Kier molecular flexibility index (Phi) is 4.54. The first-order valence-electron chi connectivity index (χ1n) is 6.21. The van der Waals surface area contributed by atoms with Gasteiger partial charge >= 0.3 is 5.69 Å². The molecule has 2 aromatic rings. The number of nitrogens with one attached hydrogen (secondary N) is 1. The molecule has 7 nitrogen and oxygen atoms in total. The van der Waals surface area contributed by atoms with Gasteiger partial charge in [-0.05, 0) is 19.9 Å². The summed E-state index contributed by atoms with van der Waals surface area (Å²) in [6.07, 6.45) is 1.38. The molecular weight excluding hydrogens is 296 g/mol. The van der Waals surface area contributed by atoms with Crippen molar-refractivity contribution in [3.63, 3.8) is 0 Å². The molecule has 0 spiro atoms. The molecule has 21 heavy (non-hydrogen) atoms. The van der Waals surface area contributed by atoms with E-state index in [2.05, 4.69) is 15.3 Å². The first-order chi connectivity index (χ1) is 10.0. The summed E-state index contributed by atoms with van der Waals surface area (Å²) in [6.45, 7) is 4.16. The van der Waals surface area contributed by atoms with Crippen molar-refractivity contribution in [2.75, 3.05) is 11.9 Å². The van der Waals surface area contributed by atoms with Crippen molar-refractivity contribution in [1.29, 1.82) is 0 Å². The second-order valence-electron chi connectivity index (χ2n) is 4.16. The van der Waals surface area contributed by atoms with E-state index in [1.807, 2.05) is 6.92 Å². The molecule has 0 bridgehead atoms. The fourth-order valence-electron chi connectivity index (χ4n) is 1.72. The Balaban J connectivity index is 2.41. The van der Waals surface area contributed by atoms with Gasteiger partial charge in [0.2, 0.25) is 17.6 Å². The molecule has 0 aliphatic heterocycles. The molecule has 1 N–H and O–H groups in total. The number of hydrogen-bond donors (Lipinski definition) is 1. The van der Waals surface area contributed by atoms with Gasteiger partial charge in [-0.1, -0.05) is 23.7 Å². The van der Waals surface area contributed by atoms with Crippen LogP contribution in [0.4, 0.5) is 11.6 Å². The fourth-order valence-corrected chi connectivity index (χ4v) is 1.85. The molecule has 0 amide bonds. The van der Waals surface area contributed by atoms with E-state index in [0.29, 0.717) is 18.1 Å². The Labute approximate surface area is 126 Å². The standard InChI is InChI=1S/C13H13ClN4O3/c1-3-15-13-16-7-9(14)12(17-13)21-10-6-4-5-8(2)11(10)18(19)20/h4-7H,3H2,1-2H3,(H,15,16,17). The van der Waals surface area contributed by atoms with Crippen molar-refractivity contribution >= 4 is 23.2 Å². The summed E-state index contributed by atoms with van der Waals surface area (Å²) in [4.78, 5) is 18.7. The first kappa shape index (κ1) is 15.0. The molecule has 1 aromatic carbocycles. The van der Waals surface area contributed by atoms with Crippen LogP contribution in [0.3, 0.4) is 0 Å². The van der Waals surface area contributed by atoms with Crippen molar-refractivity contribution in [2.24, 2.45) is 0 Å². The van der Waals surface area contributed by atoms with E-state index in [1.54, 1.807) is 19.1 Å². The predicted molar refractivity (Wildman–Crippen MR) is 79.1 cm³/mol. The third-order valence-corrected chi connectivity index (χ3v) is 2.90. The van der Waals surface area contributed by atoms with E-state index in [1.165, 1.54) is 12.3 Å². The molecule has 110 valence electrons.